The van der Waals surface area contributed by atoms with Crippen LogP contribution in [0.2, 0.25) is 0 Å². The molecule has 116 valence electrons. The topological polar surface area (TPSA) is 56.2 Å². The molecule has 0 aliphatic carbocycles. The summed E-state index contributed by atoms with van der Waals surface area (Å²) in [6.45, 7) is 6.69. The van der Waals surface area contributed by atoms with E-state index in [9.17, 15) is 4.79 Å². The van der Waals surface area contributed by atoms with E-state index < -0.39 is 0 Å². The normalized spacial score (nSPS) is 21.0. The van der Waals surface area contributed by atoms with Crippen LogP contribution in [-0.4, -0.2) is 27.9 Å². The molecule has 2 atom stereocenters. The number of hydrogen-bond acceptors (Lipinski definition) is 4. The quantitative estimate of drug-likeness (QED) is 0.882. The Bertz CT molecular complexity index is 693. The van der Waals surface area contributed by atoms with Crippen molar-refractivity contribution in [2.75, 3.05) is 5.32 Å². The predicted octanol–water partition coefficient (Wildman–Crippen LogP) is 2.66. The number of nitrogens with one attached hydrogen (secondary N) is 1. The summed E-state index contributed by atoms with van der Waals surface area (Å²) in [5, 5.41) is 7.75. The van der Waals surface area contributed by atoms with E-state index in [2.05, 4.69) is 35.5 Å². The Balaban J connectivity index is 1.72. The number of carbonyl (C=O) groups excluding carboxylic acids is 1. The maximum atomic E-state index is 11.7. The third-order valence-corrected chi connectivity index (χ3v) is 3.87. The molecule has 0 saturated carbocycles. The Labute approximate surface area is 130 Å². The summed E-state index contributed by atoms with van der Waals surface area (Å²) in [6, 6.07) is 9.91. The molecular formula is C17H21N3O2. The molecule has 1 N–H and O–H groups in total. The van der Waals surface area contributed by atoms with Gasteiger partial charge in [0.05, 0.1) is 12.2 Å². The van der Waals surface area contributed by atoms with Crippen molar-refractivity contribution in [1.29, 1.82) is 0 Å². The first-order valence-electron chi connectivity index (χ1n) is 7.58. The van der Waals surface area contributed by atoms with Crippen molar-refractivity contribution in [3.63, 3.8) is 0 Å². The lowest BCUT2D eigenvalue weighted by molar-refractivity contribution is -0.141. The second-order valence-corrected chi connectivity index (χ2v) is 5.97. The number of aromatic nitrogens is 2. The van der Waals surface area contributed by atoms with Gasteiger partial charge in [-0.1, -0.05) is 12.1 Å². The lowest BCUT2D eigenvalue weighted by Gasteiger charge is -2.12. The molecule has 22 heavy (non-hydrogen) atoms. The highest BCUT2D eigenvalue weighted by atomic mass is 16.6. The van der Waals surface area contributed by atoms with Crippen LogP contribution >= 0.6 is 0 Å². The molecule has 0 spiro atoms. The highest BCUT2D eigenvalue weighted by Crippen LogP contribution is 2.20. The summed E-state index contributed by atoms with van der Waals surface area (Å²) in [4.78, 5) is 11.7. The third-order valence-electron chi connectivity index (χ3n) is 3.87. The minimum atomic E-state index is -0.251. The standard InChI is InChI=1S/C17H21N3O2/c1-11-7-12(2)20(19-11)10-14-5-4-6-15(9-14)18-16-8-13(3)22-17(16)21/h4-7,9,13,16,18H,8,10H2,1-3H3/t13-,16+/m0/s1. The van der Waals surface area contributed by atoms with Crippen molar-refractivity contribution in [2.24, 2.45) is 0 Å². The van der Waals surface area contributed by atoms with Gasteiger partial charge in [-0.15, -0.1) is 0 Å². The number of carbonyl (C=O) groups is 1. The van der Waals surface area contributed by atoms with Gasteiger partial charge in [-0.2, -0.15) is 5.10 Å². The molecule has 1 aliphatic rings. The van der Waals surface area contributed by atoms with Crippen LogP contribution in [0.15, 0.2) is 30.3 Å². The van der Waals surface area contributed by atoms with E-state index in [0.29, 0.717) is 6.42 Å². The van der Waals surface area contributed by atoms with E-state index in [1.165, 1.54) is 0 Å². The Kier molecular flexibility index (Phi) is 3.88. The molecule has 0 amide bonds. The Hall–Kier alpha value is -2.30. The summed E-state index contributed by atoms with van der Waals surface area (Å²) in [7, 11) is 0. The van der Waals surface area contributed by atoms with Crippen molar-refractivity contribution in [2.45, 2.75) is 45.9 Å². The van der Waals surface area contributed by atoms with Gasteiger partial charge in [0.2, 0.25) is 0 Å². The summed E-state index contributed by atoms with van der Waals surface area (Å²) >= 11 is 0. The van der Waals surface area contributed by atoms with Gasteiger partial charge in [-0.3, -0.25) is 4.68 Å². The van der Waals surface area contributed by atoms with Crippen molar-refractivity contribution in [3.05, 3.63) is 47.3 Å². The molecular weight excluding hydrogens is 278 g/mol. The van der Waals surface area contributed by atoms with Crippen LogP contribution in [0.1, 0.15) is 30.3 Å². The van der Waals surface area contributed by atoms with Gasteiger partial charge in [0, 0.05) is 17.8 Å². The zero-order valence-electron chi connectivity index (χ0n) is 13.2. The number of esters is 1. The van der Waals surface area contributed by atoms with Gasteiger partial charge < -0.3 is 10.1 Å². The lowest BCUT2D eigenvalue weighted by atomic mass is 10.1. The number of cyclic esters (lactones) is 1. The fraction of sp³-hybridized carbons (Fsp3) is 0.412. The predicted molar refractivity (Wildman–Crippen MR) is 84.8 cm³/mol. The van der Waals surface area contributed by atoms with Gasteiger partial charge in [0.15, 0.2) is 0 Å². The van der Waals surface area contributed by atoms with E-state index in [4.69, 9.17) is 4.74 Å². The second kappa shape index (κ2) is 5.83. The highest BCUT2D eigenvalue weighted by Gasteiger charge is 2.31. The summed E-state index contributed by atoms with van der Waals surface area (Å²) in [5.41, 5.74) is 4.25. The molecule has 1 aliphatic heterocycles. The monoisotopic (exact) mass is 299 g/mol. The Morgan fingerprint density at radius 3 is 2.82 bits per heavy atom. The Morgan fingerprint density at radius 2 is 2.18 bits per heavy atom. The molecule has 2 aromatic rings. The van der Waals surface area contributed by atoms with Crippen LogP contribution in [-0.2, 0) is 16.1 Å². The van der Waals surface area contributed by atoms with E-state index in [1.54, 1.807) is 0 Å². The average Bonchev–Trinajstić information content (AvgIpc) is 2.92. The number of anilines is 1. The number of ether oxygens (including phenoxy) is 1. The van der Waals surface area contributed by atoms with Gasteiger partial charge in [0.25, 0.3) is 0 Å². The molecule has 1 fully saturated rings. The van der Waals surface area contributed by atoms with E-state index in [-0.39, 0.29) is 18.1 Å². The minimum absolute atomic E-state index is 0.0112. The lowest BCUT2D eigenvalue weighted by Crippen LogP contribution is -2.24. The fourth-order valence-corrected chi connectivity index (χ4v) is 2.84. The molecule has 1 saturated heterocycles. The van der Waals surface area contributed by atoms with Gasteiger partial charge in [-0.25, -0.2) is 4.79 Å². The molecule has 1 aromatic heterocycles. The van der Waals surface area contributed by atoms with Gasteiger partial charge in [0.1, 0.15) is 12.1 Å². The second-order valence-electron chi connectivity index (χ2n) is 5.97. The molecule has 5 nitrogen and oxygen atoms in total. The van der Waals surface area contributed by atoms with Crippen LogP contribution < -0.4 is 5.32 Å². The van der Waals surface area contributed by atoms with Gasteiger partial charge in [-0.05, 0) is 44.5 Å². The molecule has 0 unspecified atom stereocenters. The first-order chi connectivity index (χ1) is 10.5. The molecule has 0 bridgehead atoms. The van der Waals surface area contributed by atoms with Crippen molar-refractivity contribution < 1.29 is 9.53 Å². The first kappa shape index (κ1) is 14.6. The minimum Gasteiger partial charge on any atom is -0.461 e. The van der Waals surface area contributed by atoms with Crippen LogP contribution in [0.3, 0.4) is 0 Å². The summed E-state index contributed by atoms with van der Waals surface area (Å²) in [6.07, 6.45) is 0.698. The number of hydrogen-bond donors (Lipinski definition) is 1. The van der Waals surface area contributed by atoms with Crippen LogP contribution in [0.5, 0.6) is 0 Å². The number of rotatable bonds is 4. The zero-order chi connectivity index (χ0) is 15.7. The van der Waals surface area contributed by atoms with Crippen molar-refractivity contribution >= 4 is 11.7 Å². The molecule has 3 rings (SSSR count). The van der Waals surface area contributed by atoms with E-state index in [0.717, 1.165) is 29.2 Å². The van der Waals surface area contributed by atoms with Crippen molar-refractivity contribution in [1.82, 2.24) is 9.78 Å². The summed E-state index contributed by atoms with van der Waals surface area (Å²) in [5.74, 6) is -0.170. The fourth-order valence-electron chi connectivity index (χ4n) is 2.84. The van der Waals surface area contributed by atoms with E-state index >= 15 is 0 Å². The number of nitrogens with zero attached hydrogens (tertiary/aromatic N) is 2. The summed E-state index contributed by atoms with van der Waals surface area (Å²) < 4.78 is 7.16. The van der Waals surface area contributed by atoms with Gasteiger partial charge >= 0.3 is 5.97 Å². The van der Waals surface area contributed by atoms with Crippen LogP contribution in [0.4, 0.5) is 5.69 Å². The maximum absolute atomic E-state index is 11.7. The molecule has 1 aromatic carbocycles. The molecule has 0 radical (unpaired) electrons. The Morgan fingerprint density at radius 1 is 1.36 bits per heavy atom. The van der Waals surface area contributed by atoms with Crippen molar-refractivity contribution in [3.8, 4) is 0 Å². The van der Waals surface area contributed by atoms with E-state index in [1.807, 2.05) is 30.7 Å². The first-order valence-corrected chi connectivity index (χ1v) is 7.58. The number of aryl methyl sites for hydroxylation is 2. The largest absolute Gasteiger partial charge is 0.461 e. The average molecular weight is 299 g/mol. The van der Waals surface area contributed by atoms with Crippen LogP contribution in [0.25, 0.3) is 0 Å². The highest BCUT2D eigenvalue weighted by molar-refractivity contribution is 5.81. The third kappa shape index (κ3) is 3.13. The molecule has 5 heteroatoms. The zero-order valence-corrected chi connectivity index (χ0v) is 13.2. The number of benzene rings is 1. The smallest absolute Gasteiger partial charge is 0.328 e. The van der Waals surface area contributed by atoms with Crippen LogP contribution in [0, 0.1) is 13.8 Å². The SMILES string of the molecule is Cc1cc(C)n(Cc2cccc(N[C@@H]3C[C@H](C)OC3=O)c2)n1. The maximum Gasteiger partial charge on any atom is 0.328 e. The molecule has 2 heterocycles.